The molecule has 7 nitrogen and oxygen atoms in total. The van der Waals surface area contributed by atoms with Gasteiger partial charge in [0.05, 0.1) is 5.69 Å². The van der Waals surface area contributed by atoms with E-state index in [4.69, 9.17) is 0 Å². The van der Waals surface area contributed by atoms with Crippen LogP contribution in [0, 0.1) is 12.7 Å². The first-order valence-corrected chi connectivity index (χ1v) is 9.07. The van der Waals surface area contributed by atoms with Crippen LogP contribution in [0.25, 0.3) is 0 Å². The van der Waals surface area contributed by atoms with Gasteiger partial charge in [-0.3, -0.25) is 9.10 Å². The van der Waals surface area contributed by atoms with Crippen molar-refractivity contribution < 1.29 is 27.3 Å². The van der Waals surface area contributed by atoms with Crippen molar-refractivity contribution in [1.29, 1.82) is 0 Å². The average Bonchev–Trinajstić information content (AvgIpc) is 2.59. The highest BCUT2D eigenvalue weighted by atomic mass is 32.2. The minimum absolute atomic E-state index is 0.130. The molecule has 26 heavy (non-hydrogen) atoms. The molecule has 0 saturated heterocycles. The van der Waals surface area contributed by atoms with Gasteiger partial charge in [-0.25, -0.2) is 23.6 Å². The Morgan fingerprint density at radius 3 is 2.54 bits per heavy atom. The van der Waals surface area contributed by atoms with E-state index >= 15 is 0 Å². The molecule has 2 rings (SSSR count). The molecular weight excluding hydrogens is 373 g/mol. The van der Waals surface area contributed by atoms with Crippen LogP contribution in [0.1, 0.15) is 33.9 Å². The minimum Gasteiger partial charge on any atom is -0.380 e. The van der Waals surface area contributed by atoms with Crippen LogP contribution in [0.4, 0.5) is 18.9 Å². The van der Waals surface area contributed by atoms with Crippen LogP contribution in [0.3, 0.4) is 0 Å². The molecule has 2 unspecified atom stereocenters. The summed E-state index contributed by atoms with van der Waals surface area (Å²) in [6.45, 7) is 1.45. The number of rotatable bonds is 5. The maximum absolute atomic E-state index is 14.4. The first-order valence-electron chi connectivity index (χ1n) is 7.14. The van der Waals surface area contributed by atoms with E-state index in [1.165, 1.54) is 19.1 Å². The number of carbonyl (C=O) groups excluding carboxylic acids is 1. The number of aliphatic hydroxyl groups is 1. The van der Waals surface area contributed by atoms with E-state index in [0.717, 1.165) is 19.4 Å². The predicted molar refractivity (Wildman–Crippen MR) is 90.1 cm³/mol. The first kappa shape index (κ1) is 19.8. The van der Waals surface area contributed by atoms with Crippen molar-refractivity contribution in [1.82, 2.24) is 15.0 Å². The summed E-state index contributed by atoms with van der Waals surface area (Å²) in [6.07, 6.45) is -0.570. The van der Waals surface area contributed by atoms with Crippen LogP contribution in [-0.4, -0.2) is 49.2 Å². The number of aromatic nitrogens is 3. The van der Waals surface area contributed by atoms with E-state index < -0.39 is 32.7 Å². The molecule has 0 aliphatic carbocycles. The van der Waals surface area contributed by atoms with Gasteiger partial charge in [0.15, 0.2) is 17.9 Å². The van der Waals surface area contributed by atoms with E-state index in [1.54, 1.807) is 0 Å². The fourth-order valence-electron chi connectivity index (χ4n) is 2.20. The molecule has 0 saturated carbocycles. The lowest BCUT2D eigenvalue weighted by Crippen LogP contribution is -2.30. The fraction of sp³-hybridized carbons (Fsp3) is 0.267. The third kappa shape index (κ3) is 3.68. The second-order valence-corrected chi connectivity index (χ2v) is 7.78. The van der Waals surface area contributed by atoms with Crippen molar-refractivity contribution in [2.75, 3.05) is 17.6 Å². The highest BCUT2D eigenvalue weighted by molar-refractivity contribution is 8.02. The Bertz CT molecular complexity index is 973. The summed E-state index contributed by atoms with van der Waals surface area (Å²) in [6, 6.07) is 3.47. The maximum atomic E-state index is 14.4. The Kier molecular flexibility index (Phi) is 5.62. The van der Waals surface area contributed by atoms with E-state index in [0.29, 0.717) is 10.6 Å². The van der Waals surface area contributed by atoms with Gasteiger partial charge in [-0.15, -0.1) is 0 Å². The first-order chi connectivity index (χ1) is 12.1. The molecule has 1 aromatic carbocycles. The molecule has 1 heterocycles. The molecule has 140 valence electrons. The van der Waals surface area contributed by atoms with Gasteiger partial charge in [0, 0.05) is 18.9 Å². The number of halogens is 3. The zero-order valence-electron chi connectivity index (χ0n) is 14.0. The quantitative estimate of drug-likeness (QED) is 0.474. The summed E-state index contributed by atoms with van der Waals surface area (Å²) in [5.74, 6) is -1.36. The summed E-state index contributed by atoms with van der Waals surface area (Å²) in [4.78, 5) is 22.2. The van der Waals surface area contributed by atoms with Crippen LogP contribution in [-0.2, 0) is 9.71 Å². The maximum Gasteiger partial charge on any atom is 0.340 e. The molecule has 2 atom stereocenters. The smallest absolute Gasteiger partial charge is 0.340 e. The molecule has 0 bridgehead atoms. The summed E-state index contributed by atoms with van der Waals surface area (Å²) in [7, 11) is -2.99. The van der Waals surface area contributed by atoms with Gasteiger partial charge in [-0.1, -0.05) is 12.1 Å². The standard InChI is InChI=1S/C15H15F3N4O3S/c1-8-19-11(7-23)21-14(20-8)13(24)9-5-4-6-10(16)12(9)22(2)26(3,25)15(17)18/h4-7,13,24H,1-3H3. The summed E-state index contributed by atoms with van der Waals surface area (Å²) in [5, 5.41) is 8.16. The summed E-state index contributed by atoms with van der Waals surface area (Å²) < 4.78 is 53.2. The Hall–Kier alpha value is -2.53. The number of aryl methyl sites for hydroxylation is 1. The molecule has 0 radical (unpaired) electrons. The zero-order chi connectivity index (χ0) is 19.6. The van der Waals surface area contributed by atoms with Crippen molar-refractivity contribution in [2.24, 2.45) is 0 Å². The highest BCUT2D eigenvalue weighted by Crippen LogP contribution is 2.33. The number of nitrogens with zero attached hydrogens (tertiary/aromatic N) is 4. The van der Waals surface area contributed by atoms with Gasteiger partial charge < -0.3 is 5.11 Å². The van der Waals surface area contributed by atoms with Crippen LogP contribution in [0.15, 0.2) is 18.2 Å². The lowest BCUT2D eigenvalue weighted by atomic mass is 10.1. The van der Waals surface area contributed by atoms with Crippen molar-refractivity contribution in [3.63, 3.8) is 0 Å². The van der Waals surface area contributed by atoms with Gasteiger partial charge in [0.1, 0.15) is 27.5 Å². The van der Waals surface area contributed by atoms with Gasteiger partial charge in [0.25, 0.3) is 0 Å². The van der Waals surface area contributed by atoms with Gasteiger partial charge in [-0.2, -0.15) is 8.78 Å². The second-order valence-electron chi connectivity index (χ2n) is 5.32. The van der Waals surface area contributed by atoms with Gasteiger partial charge in [-0.05, 0) is 13.0 Å². The molecule has 0 aliphatic rings. The third-order valence-corrected chi connectivity index (χ3v) is 5.37. The predicted octanol–water partition coefficient (Wildman–Crippen LogP) is 1.51. The van der Waals surface area contributed by atoms with E-state index in [1.807, 2.05) is 0 Å². The van der Waals surface area contributed by atoms with Crippen LogP contribution >= 0.6 is 0 Å². The Balaban J connectivity index is 2.67. The molecule has 1 N–H and O–H groups in total. The second kappa shape index (κ2) is 7.38. The fourth-order valence-corrected chi connectivity index (χ4v) is 2.95. The molecular formula is C15H15F3N4O3S. The Morgan fingerprint density at radius 1 is 1.31 bits per heavy atom. The Morgan fingerprint density at radius 2 is 1.96 bits per heavy atom. The highest BCUT2D eigenvalue weighted by Gasteiger charge is 2.27. The average molecular weight is 388 g/mol. The third-order valence-electron chi connectivity index (χ3n) is 3.57. The lowest BCUT2D eigenvalue weighted by molar-refractivity contribution is 0.111. The molecule has 0 amide bonds. The molecule has 0 fully saturated rings. The van der Waals surface area contributed by atoms with Gasteiger partial charge >= 0.3 is 5.37 Å². The van der Waals surface area contributed by atoms with E-state index in [9.17, 15) is 27.3 Å². The molecule has 0 spiro atoms. The number of aliphatic hydroxyl groups excluding tert-OH is 1. The van der Waals surface area contributed by atoms with Crippen LogP contribution < -0.4 is 4.31 Å². The van der Waals surface area contributed by atoms with Crippen molar-refractivity contribution in [3.05, 3.63) is 47.1 Å². The van der Waals surface area contributed by atoms with Gasteiger partial charge in [0.2, 0.25) is 0 Å². The number of anilines is 1. The monoisotopic (exact) mass is 388 g/mol. The number of aldehydes is 1. The molecule has 0 aliphatic heterocycles. The lowest BCUT2D eigenvalue weighted by Gasteiger charge is -2.25. The number of carbonyl (C=O) groups is 1. The Labute approximate surface area is 147 Å². The molecule has 1 aromatic heterocycles. The number of para-hydroxylation sites is 1. The summed E-state index contributed by atoms with van der Waals surface area (Å²) in [5.41, 5.74) is -0.684. The molecule has 2 aromatic rings. The largest absolute Gasteiger partial charge is 0.380 e. The zero-order valence-corrected chi connectivity index (χ0v) is 14.8. The number of hydrogen-bond acceptors (Lipinski definition) is 6. The number of benzene rings is 1. The minimum atomic E-state index is -4.01. The van der Waals surface area contributed by atoms with Crippen LogP contribution in [0.2, 0.25) is 0 Å². The van der Waals surface area contributed by atoms with E-state index in [2.05, 4.69) is 15.0 Å². The van der Waals surface area contributed by atoms with Crippen molar-refractivity contribution >= 4 is 27.1 Å². The van der Waals surface area contributed by atoms with Crippen molar-refractivity contribution in [3.8, 4) is 0 Å². The van der Waals surface area contributed by atoms with E-state index in [-0.39, 0.29) is 23.0 Å². The normalized spacial score (nSPS) is 14.4. The molecule has 11 heteroatoms. The van der Waals surface area contributed by atoms with Crippen LogP contribution in [0.5, 0.6) is 0 Å². The SMILES string of the molecule is Cc1nc(C=O)nc(C(O)c2cccc(F)c2N(C)S(C)(=O)=C(F)F)n1. The topological polar surface area (TPSA) is 96.3 Å². The summed E-state index contributed by atoms with van der Waals surface area (Å²) >= 11 is 0. The van der Waals surface area contributed by atoms with Crippen molar-refractivity contribution in [2.45, 2.75) is 13.0 Å². The number of hydrogen-bond donors (Lipinski definition) is 1.